The molecular formula is C16H19NO4S. The van der Waals surface area contributed by atoms with Gasteiger partial charge in [0, 0.05) is 6.07 Å². The summed E-state index contributed by atoms with van der Waals surface area (Å²) in [5.74, 6) is 0.846. The summed E-state index contributed by atoms with van der Waals surface area (Å²) in [5.41, 5.74) is 2.50. The van der Waals surface area contributed by atoms with Gasteiger partial charge in [0.05, 0.1) is 24.8 Å². The topological polar surface area (TPSA) is 64.6 Å². The Morgan fingerprint density at radius 2 is 1.59 bits per heavy atom. The van der Waals surface area contributed by atoms with Gasteiger partial charge < -0.3 is 9.47 Å². The molecule has 0 atom stereocenters. The van der Waals surface area contributed by atoms with Crippen LogP contribution in [0.15, 0.2) is 41.3 Å². The third kappa shape index (κ3) is 3.33. The highest BCUT2D eigenvalue weighted by molar-refractivity contribution is 7.92. The van der Waals surface area contributed by atoms with Gasteiger partial charge in [-0.25, -0.2) is 8.42 Å². The molecule has 2 aromatic rings. The maximum absolute atomic E-state index is 12.5. The highest BCUT2D eigenvalue weighted by Crippen LogP contribution is 2.30. The predicted octanol–water partition coefficient (Wildman–Crippen LogP) is 3.12. The van der Waals surface area contributed by atoms with Crippen molar-refractivity contribution in [3.05, 3.63) is 47.5 Å². The zero-order valence-electron chi connectivity index (χ0n) is 13.0. The van der Waals surface area contributed by atoms with Crippen molar-refractivity contribution in [2.75, 3.05) is 18.9 Å². The first kappa shape index (κ1) is 16.2. The quantitative estimate of drug-likeness (QED) is 0.919. The Bertz CT molecular complexity index is 785. The van der Waals surface area contributed by atoms with Crippen LogP contribution >= 0.6 is 0 Å². The van der Waals surface area contributed by atoms with Crippen molar-refractivity contribution in [3.8, 4) is 11.5 Å². The summed E-state index contributed by atoms with van der Waals surface area (Å²) in [6.45, 7) is 3.82. The minimum absolute atomic E-state index is 0.116. The minimum Gasteiger partial charge on any atom is -0.493 e. The number of aryl methyl sites for hydroxylation is 2. The molecule has 0 fully saturated rings. The van der Waals surface area contributed by atoms with E-state index in [0.717, 1.165) is 11.1 Å². The second-order valence-corrected chi connectivity index (χ2v) is 6.62. The Hall–Kier alpha value is -2.21. The molecule has 118 valence electrons. The SMILES string of the molecule is COc1ccc(S(=O)(=O)Nc2ccc(C)cc2C)cc1OC. The average molecular weight is 321 g/mol. The molecule has 6 heteroatoms. The first-order chi connectivity index (χ1) is 10.4. The summed E-state index contributed by atoms with van der Waals surface area (Å²) in [4.78, 5) is 0.116. The summed E-state index contributed by atoms with van der Waals surface area (Å²) in [5, 5.41) is 0. The van der Waals surface area contributed by atoms with E-state index in [1.807, 2.05) is 26.0 Å². The minimum atomic E-state index is -3.69. The Kier molecular flexibility index (Phi) is 4.61. The summed E-state index contributed by atoms with van der Waals surface area (Å²) in [6, 6.07) is 10.0. The van der Waals surface area contributed by atoms with Crippen molar-refractivity contribution in [3.63, 3.8) is 0 Å². The normalized spacial score (nSPS) is 11.1. The van der Waals surface area contributed by atoms with Crippen LogP contribution in [-0.4, -0.2) is 22.6 Å². The first-order valence-electron chi connectivity index (χ1n) is 6.69. The van der Waals surface area contributed by atoms with Crippen LogP contribution < -0.4 is 14.2 Å². The molecule has 0 spiro atoms. The van der Waals surface area contributed by atoms with E-state index in [9.17, 15) is 8.42 Å². The average Bonchev–Trinajstić information content (AvgIpc) is 2.49. The molecular weight excluding hydrogens is 302 g/mol. The lowest BCUT2D eigenvalue weighted by atomic mass is 10.1. The van der Waals surface area contributed by atoms with Crippen LogP contribution in [0.5, 0.6) is 11.5 Å². The second-order valence-electron chi connectivity index (χ2n) is 4.94. The molecule has 0 aliphatic rings. The van der Waals surface area contributed by atoms with Crippen molar-refractivity contribution in [1.82, 2.24) is 0 Å². The number of ether oxygens (including phenoxy) is 2. The highest BCUT2D eigenvalue weighted by atomic mass is 32.2. The van der Waals surface area contributed by atoms with E-state index in [-0.39, 0.29) is 4.90 Å². The van der Waals surface area contributed by atoms with Crippen molar-refractivity contribution < 1.29 is 17.9 Å². The summed E-state index contributed by atoms with van der Waals surface area (Å²) < 4.78 is 37.9. The van der Waals surface area contributed by atoms with Crippen molar-refractivity contribution in [2.24, 2.45) is 0 Å². The molecule has 2 rings (SSSR count). The first-order valence-corrected chi connectivity index (χ1v) is 8.18. The maximum atomic E-state index is 12.5. The van der Waals surface area contributed by atoms with Crippen molar-refractivity contribution in [2.45, 2.75) is 18.7 Å². The molecule has 0 aromatic heterocycles. The number of hydrogen-bond acceptors (Lipinski definition) is 4. The molecule has 0 amide bonds. The van der Waals surface area contributed by atoms with Crippen LogP contribution in [0.2, 0.25) is 0 Å². The van der Waals surface area contributed by atoms with Crippen LogP contribution in [0.1, 0.15) is 11.1 Å². The second kappa shape index (κ2) is 6.27. The fourth-order valence-corrected chi connectivity index (χ4v) is 3.26. The van der Waals surface area contributed by atoms with E-state index in [0.29, 0.717) is 17.2 Å². The Morgan fingerprint density at radius 3 is 2.18 bits per heavy atom. The number of methoxy groups -OCH3 is 2. The van der Waals surface area contributed by atoms with Crippen LogP contribution in [0.25, 0.3) is 0 Å². The molecule has 0 aliphatic carbocycles. The van der Waals surface area contributed by atoms with Gasteiger partial charge >= 0.3 is 0 Å². The van der Waals surface area contributed by atoms with Gasteiger partial charge in [-0.15, -0.1) is 0 Å². The molecule has 1 N–H and O–H groups in total. The van der Waals surface area contributed by atoms with Gasteiger partial charge in [0.15, 0.2) is 11.5 Å². The monoisotopic (exact) mass is 321 g/mol. The van der Waals surface area contributed by atoms with E-state index < -0.39 is 10.0 Å². The van der Waals surface area contributed by atoms with E-state index in [2.05, 4.69) is 4.72 Å². The Balaban J connectivity index is 2.38. The summed E-state index contributed by atoms with van der Waals surface area (Å²) in [6.07, 6.45) is 0. The molecule has 0 radical (unpaired) electrons. The van der Waals surface area contributed by atoms with Gasteiger partial charge in [-0.05, 0) is 37.6 Å². The molecule has 0 unspecified atom stereocenters. The molecule has 5 nitrogen and oxygen atoms in total. The Labute approximate surface area is 130 Å². The Morgan fingerprint density at radius 1 is 0.909 bits per heavy atom. The van der Waals surface area contributed by atoms with Crippen LogP contribution in [-0.2, 0) is 10.0 Å². The number of rotatable bonds is 5. The lowest BCUT2D eigenvalue weighted by molar-refractivity contribution is 0.354. The fraction of sp³-hybridized carbons (Fsp3) is 0.250. The number of anilines is 1. The highest BCUT2D eigenvalue weighted by Gasteiger charge is 2.18. The molecule has 22 heavy (non-hydrogen) atoms. The largest absolute Gasteiger partial charge is 0.493 e. The summed E-state index contributed by atoms with van der Waals surface area (Å²) >= 11 is 0. The van der Waals surface area contributed by atoms with E-state index in [4.69, 9.17) is 9.47 Å². The number of benzene rings is 2. The number of nitrogens with one attached hydrogen (secondary N) is 1. The zero-order chi connectivity index (χ0) is 16.3. The standard InChI is InChI=1S/C16H19NO4S/c1-11-5-7-14(12(2)9-11)17-22(18,19)13-6-8-15(20-3)16(10-13)21-4/h5-10,17H,1-4H3. The maximum Gasteiger partial charge on any atom is 0.262 e. The fourth-order valence-electron chi connectivity index (χ4n) is 2.12. The van der Waals surface area contributed by atoms with Crippen molar-refractivity contribution >= 4 is 15.7 Å². The molecule has 0 heterocycles. The van der Waals surface area contributed by atoms with Gasteiger partial charge in [0.2, 0.25) is 0 Å². The lowest BCUT2D eigenvalue weighted by Gasteiger charge is -2.13. The third-order valence-electron chi connectivity index (χ3n) is 3.29. The molecule has 0 saturated carbocycles. The van der Waals surface area contributed by atoms with E-state index >= 15 is 0 Å². The molecule has 2 aromatic carbocycles. The van der Waals surface area contributed by atoms with Crippen LogP contribution in [0.3, 0.4) is 0 Å². The van der Waals surface area contributed by atoms with Gasteiger partial charge in [0.25, 0.3) is 10.0 Å². The zero-order valence-corrected chi connectivity index (χ0v) is 13.8. The van der Waals surface area contributed by atoms with Crippen molar-refractivity contribution in [1.29, 1.82) is 0 Å². The van der Waals surface area contributed by atoms with Gasteiger partial charge in [0.1, 0.15) is 0 Å². The van der Waals surface area contributed by atoms with E-state index in [1.54, 1.807) is 12.1 Å². The predicted molar refractivity (Wildman–Crippen MR) is 86.3 cm³/mol. The number of sulfonamides is 1. The smallest absolute Gasteiger partial charge is 0.262 e. The lowest BCUT2D eigenvalue weighted by Crippen LogP contribution is -2.14. The third-order valence-corrected chi connectivity index (χ3v) is 4.65. The van der Waals surface area contributed by atoms with Gasteiger partial charge in [-0.3, -0.25) is 4.72 Å². The molecule has 0 aliphatic heterocycles. The van der Waals surface area contributed by atoms with Crippen LogP contribution in [0.4, 0.5) is 5.69 Å². The number of hydrogen-bond donors (Lipinski definition) is 1. The van der Waals surface area contributed by atoms with E-state index in [1.165, 1.54) is 26.4 Å². The molecule has 0 saturated heterocycles. The summed E-state index contributed by atoms with van der Waals surface area (Å²) in [7, 11) is -0.728. The van der Waals surface area contributed by atoms with Gasteiger partial charge in [-0.2, -0.15) is 0 Å². The molecule has 0 bridgehead atoms. The van der Waals surface area contributed by atoms with Gasteiger partial charge in [-0.1, -0.05) is 17.7 Å². The van der Waals surface area contributed by atoms with Crippen LogP contribution in [0, 0.1) is 13.8 Å².